The Labute approximate surface area is 58.3 Å². The molecular formula is C5H6Cl2O. The van der Waals surface area contributed by atoms with Gasteiger partial charge in [0.15, 0.2) is 0 Å². The van der Waals surface area contributed by atoms with Gasteiger partial charge in [0, 0.05) is 5.88 Å². The van der Waals surface area contributed by atoms with Crippen molar-refractivity contribution in [1.82, 2.24) is 0 Å². The molecule has 0 saturated carbocycles. The van der Waals surface area contributed by atoms with Crippen molar-refractivity contribution in [2.75, 3.05) is 5.88 Å². The standard InChI is InChI=1S/C5H6Cl2O/c1-4(3-6)2-5(7)8/h2H,3H2,1H3/b4-2+. The minimum Gasteiger partial charge on any atom is -0.276 e. The van der Waals surface area contributed by atoms with Crippen LogP contribution in [0.4, 0.5) is 0 Å². The van der Waals surface area contributed by atoms with Gasteiger partial charge in [0.05, 0.1) is 0 Å². The first-order valence-electron chi connectivity index (χ1n) is 2.09. The van der Waals surface area contributed by atoms with E-state index in [9.17, 15) is 4.79 Å². The zero-order chi connectivity index (χ0) is 6.57. The third-order valence-electron chi connectivity index (χ3n) is 0.571. The van der Waals surface area contributed by atoms with Crippen LogP contribution >= 0.6 is 23.2 Å². The largest absolute Gasteiger partial charge is 0.276 e. The lowest BCUT2D eigenvalue weighted by Gasteiger charge is -1.85. The molecule has 0 aromatic carbocycles. The van der Waals surface area contributed by atoms with Crippen LogP contribution in [-0.4, -0.2) is 11.1 Å². The van der Waals surface area contributed by atoms with Crippen LogP contribution in [0.1, 0.15) is 6.92 Å². The Morgan fingerprint density at radius 2 is 2.25 bits per heavy atom. The van der Waals surface area contributed by atoms with E-state index in [1.165, 1.54) is 6.08 Å². The number of rotatable bonds is 2. The molecular weight excluding hydrogens is 147 g/mol. The molecule has 0 spiro atoms. The summed E-state index contributed by atoms with van der Waals surface area (Å²) in [5.41, 5.74) is 0.784. The van der Waals surface area contributed by atoms with E-state index in [2.05, 4.69) is 0 Å². The van der Waals surface area contributed by atoms with E-state index in [0.717, 1.165) is 5.57 Å². The Hall–Kier alpha value is -0.0100. The van der Waals surface area contributed by atoms with Crippen LogP contribution in [-0.2, 0) is 4.79 Å². The van der Waals surface area contributed by atoms with Gasteiger partial charge in [0.25, 0.3) is 0 Å². The van der Waals surface area contributed by atoms with E-state index in [4.69, 9.17) is 23.2 Å². The Morgan fingerprint density at radius 1 is 1.75 bits per heavy atom. The molecule has 0 saturated heterocycles. The van der Waals surface area contributed by atoms with E-state index in [-0.39, 0.29) is 0 Å². The van der Waals surface area contributed by atoms with Crippen molar-refractivity contribution >= 4 is 28.4 Å². The molecule has 0 heterocycles. The molecule has 0 fully saturated rings. The van der Waals surface area contributed by atoms with Crippen LogP contribution in [0.25, 0.3) is 0 Å². The van der Waals surface area contributed by atoms with Crippen molar-refractivity contribution in [2.24, 2.45) is 0 Å². The molecule has 0 N–H and O–H groups in total. The molecule has 0 aliphatic rings. The maximum atomic E-state index is 10.0. The van der Waals surface area contributed by atoms with Gasteiger partial charge in [-0.05, 0) is 24.6 Å². The Morgan fingerprint density at radius 3 is 2.38 bits per heavy atom. The molecule has 8 heavy (non-hydrogen) atoms. The van der Waals surface area contributed by atoms with Gasteiger partial charge in [-0.1, -0.05) is 5.57 Å². The van der Waals surface area contributed by atoms with Crippen molar-refractivity contribution in [3.63, 3.8) is 0 Å². The predicted octanol–water partition coefficient (Wildman–Crippen LogP) is 1.94. The number of carbonyl (C=O) groups excluding carboxylic acids is 1. The highest BCUT2D eigenvalue weighted by molar-refractivity contribution is 6.66. The molecule has 0 aromatic rings. The summed E-state index contributed by atoms with van der Waals surface area (Å²) < 4.78 is 0. The first kappa shape index (κ1) is 7.99. The van der Waals surface area contributed by atoms with Gasteiger partial charge in [0.1, 0.15) is 0 Å². The van der Waals surface area contributed by atoms with E-state index in [0.29, 0.717) is 5.88 Å². The van der Waals surface area contributed by atoms with Gasteiger partial charge < -0.3 is 0 Å². The molecule has 46 valence electrons. The summed E-state index contributed by atoms with van der Waals surface area (Å²) >= 11 is 10.3. The minimum atomic E-state index is -0.469. The maximum Gasteiger partial charge on any atom is 0.245 e. The van der Waals surface area contributed by atoms with Crippen LogP contribution < -0.4 is 0 Å². The molecule has 0 unspecified atom stereocenters. The lowest BCUT2D eigenvalue weighted by Crippen LogP contribution is -1.82. The van der Waals surface area contributed by atoms with Gasteiger partial charge in [0.2, 0.25) is 5.24 Å². The number of hydrogen-bond donors (Lipinski definition) is 0. The number of carbonyl (C=O) groups is 1. The number of alkyl halides is 1. The van der Waals surface area contributed by atoms with Gasteiger partial charge in [-0.25, -0.2) is 0 Å². The van der Waals surface area contributed by atoms with E-state index >= 15 is 0 Å². The molecule has 0 atom stereocenters. The van der Waals surface area contributed by atoms with Crippen molar-refractivity contribution in [3.05, 3.63) is 11.6 Å². The van der Waals surface area contributed by atoms with Gasteiger partial charge >= 0.3 is 0 Å². The Balaban J connectivity index is 3.75. The van der Waals surface area contributed by atoms with Gasteiger partial charge in [-0.3, -0.25) is 4.79 Å². The molecule has 0 radical (unpaired) electrons. The normalized spacial score (nSPS) is 11.6. The summed E-state index contributed by atoms with van der Waals surface area (Å²) in [5, 5.41) is -0.469. The maximum absolute atomic E-state index is 10.0. The van der Waals surface area contributed by atoms with Crippen LogP contribution in [0.3, 0.4) is 0 Å². The van der Waals surface area contributed by atoms with Crippen LogP contribution in [0.5, 0.6) is 0 Å². The Bertz CT molecular complexity index is 118. The molecule has 1 nitrogen and oxygen atoms in total. The second kappa shape index (κ2) is 3.93. The monoisotopic (exact) mass is 152 g/mol. The minimum absolute atomic E-state index is 0.360. The summed E-state index contributed by atoms with van der Waals surface area (Å²) in [6.07, 6.45) is 1.30. The van der Waals surface area contributed by atoms with E-state index in [1.807, 2.05) is 0 Å². The molecule has 3 heteroatoms. The third-order valence-corrected chi connectivity index (χ3v) is 1.10. The smallest absolute Gasteiger partial charge is 0.245 e. The first-order chi connectivity index (χ1) is 3.66. The molecule has 0 rings (SSSR count). The predicted molar refractivity (Wildman–Crippen MR) is 35.3 cm³/mol. The number of allylic oxidation sites excluding steroid dienone is 2. The highest BCUT2D eigenvalue weighted by Gasteiger charge is 1.88. The fraction of sp³-hybridized carbons (Fsp3) is 0.400. The van der Waals surface area contributed by atoms with Crippen LogP contribution in [0, 0.1) is 0 Å². The zero-order valence-electron chi connectivity index (χ0n) is 4.45. The summed E-state index contributed by atoms with van der Waals surface area (Å²) in [6.45, 7) is 1.74. The second-order valence-electron chi connectivity index (χ2n) is 1.43. The van der Waals surface area contributed by atoms with Crippen molar-refractivity contribution in [3.8, 4) is 0 Å². The van der Waals surface area contributed by atoms with E-state index < -0.39 is 5.24 Å². The fourth-order valence-corrected chi connectivity index (χ4v) is 0.496. The highest BCUT2D eigenvalue weighted by atomic mass is 35.5. The molecule has 0 aromatic heterocycles. The average molecular weight is 153 g/mol. The van der Waals surface area contributed by atoms with Crippen molar-refractivity contribution in [1.29, 1.82) is 0 Å². The first-order valence-corrected chi connectivity index (χ1v) is 3.00. The highest BCUT2D eigenvalue weighted by Crippen LogP contribution is 1.96. The van der Waals surface area contributed by atoms with Gasteiger partial charge in [-0.15, -0.1) is 11.6 Å². The third kappa shape index (κ3) is 4.16. The summed E-state index contributed by atoms with van der Waals surface area (Å²) in [7, 11) is 0. The molecule has 0 aliphatic heterocycles. The second-order valence-corrected chi connectivity index (χ2v) is 2.07. The number of halogens is 2. The van der Waals surface area contributed by atoms with E-state index in [1.54, 1.807) is 6.92 Å². The average Bonchev–Trinajstić information content (AvgIpc) is 1.65. The lowest BCUT2D eigenvalue weighted by atomic mass is 10.3. The van der Waals surface area contributed by atoms with Crippen molar-refractivity contribution in [2.45, 2.75) is 6.92 Å². The zero-order valence-corrected chi connectivity index (χ0v) is 5.96. The summed E-state index contributed by atoms with van der Waals surface area (Å²) in [6, 6.07) is 0. The summed E-state index contributed by atoms with van der Waals surface area (Å²) in [5.74, 6) is 0.360. The van der Waals surface area contributed by atoms with Crippen LogP contribution in [0.15, 0.2) is 11.6 Å². The quantitative estimate of drug-likeness (QED) is 0.336. The fourth-order valence-electron chi connectivity index (χ4n) is 0.232. The molecule has 0 amide bonds. The number of hydrogen-bond acceptors (Lipinski definition) is 1. The van der Waals surface area contributed by atoms with Crippen molar-refractivity contribution < 1.29 is 4.79 Å². The van der Waals surface area contributed by atoms with Gasteiger partial charge in [-0.2, -0.15) is 0 Å². The summed E-state index contributed by atoms with van der Waals surface area (Å²) in [4.78, 5) is 10.0. The van der Waals surface area contributed by atoms with Crippen LogP contribution in [0.2, 0.25) is 0 Å². The molecule has 0 aliphatic carbocycles. The topological polar surface area (TPSA) is 17.1 Å². The SMILES string of the molecule is C/C(=C\C(=O)Cl)CCl. The lowest BCUT2D eigenvalue weighted by molar-refractivity contribution is -0.107. The Kier molecular flexibility index (Phi) is 3.92. The molecule has 0 bridgehead atoms.